The van der Waals surface area contributed by atoms with Crippen molar-refractivity contribution in [3.05, 3.63) is 93.3 Å². The van der Waals surface area contributed by atoms with Crippen molar-refractivity contribution < 1.29 is 28.3 Å². The number of aromatic nitrogens is 1. The maximum atomic E-state index is 13.8. The molecule has 1 aromatic heterocycles. The molecule has 0 bridgehead atoms. The van der Waals surface area contributed by atoms with Crippen molar-refractivity contribution in [1.82, 2.24) is 14.8 Å². The number of ether oxygens (including phenoxy) is 1. The minimum absolute atomic E-state index is 0.0312. The zero-order chi connectivity index (χ0) is 29.5. The Morgan fingerprint density at radius 3 is 2.41 bits per heavy atom. The fraction of sp³-hybridized carbons (Fsp3) is 0.276. The van der Waals surface area contributed by atoms with Crippen LogP contribution < -0.4 is 5.32 Å². The largest absolute Gasteiger partial charge is 0.447 e. The summed E-state index contributed by atoms with van der Waals surface area (Å²) in [6, 6.07) is 13.5. The Kier molecular flexibility index (Phi) is 9.91. The van der Waals surface area contributed by atoms with Gasteiger partial charge in [-0.15, -0.1) is 0 Å². The van der Waals surface area contributed by atoms with Crippen LogP contribution in [0.25, 0.3) is 0 Å². The van der Waals surface area contributed by atoms with Crippen LogP contribution in [0.4, 0.5) is 15.0 Å². The molecule has 1 atom stereocenters. The number of pyridine rings is 1. The first-order valence-corrected chi connectivity index (χ1v) is 13.6. The van der Waals surface area contributed by atoms with Crippen LogP contribution in [-0.2, 0) is 16.0 Å². The Morgan fingerprint density at radius 1 is 1.05 bits per heavy atom. The molecule has 0 saturated heterocycles. The van der Waals surface area contributed by atoms with Crippen molar-refractivity contribution in [2.45, 2.75) is 31.7 Å². The summed E-state index contributed by atoms with van der Waals surface area (Å²) >= 11 is 11.9. The van der Waals surface area contributed by atoms with Gasteiger partial charge >= 0.3 is 6.09 Å². The minimum Gasteiger partial charge on any atom is -0.447 e. The fourth-order valence-corrected chi connectivity index (χ4v) is 4.77. The lowest BCUT2D eigenvalue weighted by atomic mass is 10.1. The average molecular weight is 601 g/mol. The van der Waals surface area contributed by atoms with Gasteiger partial charge in [-0.25, -0.2) is 14.2 Å². The molecule has 0 spiro atoms. The summed E-state index contributed by atoms with van der Waals surface area (Å²) in [4.78, 5) is 57.5. The number of nitrogens with zero attached hydrogens (tertiary/aromatic N) is 3. The number of rotatable bonds is 11. The van der Waals surface area contributed by atoms with E-state index in [9.17, 15) is 23.6 Å². The lowest BCUT2D eigenvalue weighted by Crippen LogP contribution is -2.42. The van der Waals surface area contributed by atoms with Crippen molar-refractivity contribution in [3.8, 4) is 0 Å². The summed E-state index contributed by atoms with van der Waals surface area (Å²) in [5, 5.41) is 2.86. The molecule has 0 saturated carbocycles. The molecule has 0 unspecified atom stereocenters. The van der Waals surface area contributed by atoms with Gasteiger partial charge in [-0.3, -0.25) is 24.6 Å². The smallest absolute Gasteiger partial charge is 0.412 e. The summed E-state index contributed by atoms with van der Waals surface area (Å²) in [6.07, 6.45) is 1.52. The summed E-state index contributed by atoms with van der Waals surface area (Å²) in [5.41, 5.74) is 1.21. The van der Waals surface area contributed by atoms with E-state index < -0.39 is 18.0 Å². The number of amides is 4. The van der Waals surface area contributed by atoms with Crippen LogP contribution >= 0.6 is 23.2 Å². The summed E-state index contributed by atoms with van der Waals surface area (Å²) < 4.78 is 19.2. The van der Waals surface area contributed by atoms with Gasteiger partial charge in [-0.1, -0.05) is 47.5 Å². The molecule has 214 valence electrons. The topological polar surface area (TPSA) is 109 Å². The second-order valence-corrected chi connectivity index (χ2v) is 10.2. The highest BCUT2D eigenvalue weighted by atomic mass is 35.5. The molecular weight excluding hydrogens is 574 g/mol. The Labute approximate surface area is 246 Å². The van der Waals surface area contributed by atoms with Gasteiger partial charge in [0.1, 0.15) is 18.2 Å². The molecule has 9 nitrogen and oxygen atoms in total. The second-order valence-electron chi connectivity index (χ2n) is 9.41. The predicted molar refractivity (Wildman–Crippen MR) is 152 cm³/mol. The lowest BCUT2D eigenvalue weighted by molar-refractivity contribution is -0.133. The van der Waals surface area contributed by atoms with Crippen molar-refractivity contribution in [2.24, 2.45) is 0 Å². The highest BCUT2D eigenvalue weighted by Gasteiger charge is 2.35. The molecule has 1 aliphatic heterocycles. The van der Waals surface area contributed by atoms with Crippen LogP contribution in [0.1, 0.15) is 45.5 Å². The van der Waals surface area contributed by atoms with E-state index in [1.165, 1.54) is 34.2 Å². The maximum Gasteiger partial charge on any atom is 0.412 e. The molecule has 3 aromatic rings. The van der Waals surface area contributed by atoms with Gasteiger partial charge < -0.3 is 9.64 Å². The molecule has 4 amide bonds. The van der Waals surface area contributed by atoms with Crippen LogP contribution in [0.15, 0.2) is 60.8 Å². The Balaban J connectivity index is 1.38. The molecule has 4 rings (SSSR count). The summed E-state index contributed by atoms with van der Waals surface area (Å²) in [6.45, 7) is -0.0326. The molecule has 0 fully saturated rings. The monoisotopic (exact) mass is 600 g/mol. The van der Waals surface area contributed by atoms with E-state index in [0.29, 0.717) is 34.6 Å². The van der Waals surface area contributed by atoms with Gasteiger partial charge in [0.2, 0.25) is 5.91 Å². The van der Waals surface area contributed by atoms with Crippen molar-refractivity contribution in [3.63, 3.8) is 0 Å². The number of benzene rings is 2. The van der Waals surface area contributed by atoms with E-state index in [-0.39, 0.29) is 54.6 Å². The molecule has 2 heterocycles. The third kappa shape index (κ3) is 7.39. The van der Waals surface area contributed by atoms with Gasteiger partial charge in [0.15, 0.2) is 0 Å². The summed E-state index contributed by atoms with van der Waals surface area (Å²) in [7, 11) is 1.57. The molecule has 1 N–H and O–H groups in total. The first kappa shape index (κ1) is 30.0. The highest BCUT2D eigenvalue weighted by Crippen LogP contribution is 2.24. The number of halogens is 3. The van der Waals surface area contributed by atoms with Gasteiger partial charge in [-0.2, -0.15) is 0 Å². The molecule has 0 radical (unpaired) electrons. The molecular formula is C29H27Cl2FN4O5. The van der Waals surface area contributed by atoms with E-state index in [2.05, 4.69) is 10.3 Å². The van der Waals surface area contributed by atoms with Crippen LogP contribution in [0, 0.1) is 5.82 Å². The number of hydrogen-bond acceptors (Lipinski definition) is 6. The van der Waals surface area contributed by atoms with E-state index in [1.807, 2.05) is 0 Å². The Hall–Kier alpha value is -4.02. The highest BCUT2D eigenvalue weighted by molar-refractivity contribution is 6.31. The zero-order valence-corrected chi connectivity index (χ0v) is 23.6. The van der Waals surface area contributed by atoms with E-state index in [1.54, 1.807) is 43.4 Å². The molecule has 1 aliphatic rings. The van der Waals surface area contributed by atoms with Crippen LogP contribution in [0.3, 0.4) is 0 Å². The molecule has 41 heavy (non-hydrogen) atoms. The van der Waals surface area contributed by atoms with E-state index >= 15 is 0 Å². The average Bonchev–Trinajstić information content (AvgIpc) is 3.21. The van der Waals surface area contributed by atoms with Gasteiger partial charge in [0, 0.05) is 26.2 Å². The van der Waals surface area contributed by atoms with E-state index in [0.717, 1.165) is 0 Å². The van der Waals surface area contributed by atoms with Crippen molar-refractivity contribution in [2.75, 3.05) is 25.5 Å². The number of aryl methyl sites for hydroxylation is 1. The zero-order valence-electron chi connectivity index (χ0n) is 22.1. The third-order valence-electron chi connectivity index (χ3n) is 6.74. The first-order valence-electron chi connectivity index (χ1n) is 12.8. The number of carbonyl (C=O) groups excluding carboxylic acids is 4. The van der Waals surface area contributed by atoms with Crippen LogP contribution in [0.2, 0.25) is 10.0 Å². The Bertz CT molecular complexity index is 1420. The van der Waals surface area contributed by atoms with Gasteiger partial charge in [0.05, 0.1) is 27.2 Å². The number of likely N-dealkylation sites (N-methyl/N-ethyl adjacent to an activating group) is 1. The normalized spacial score (nSPS) is 13.1. The fourth-order valence-electron chi connectivity index (χ4n) is 4.44. The number of hydrogen-bond donors (Lipinski definition) is 1. The summed E-state index contributed by atoms with van der Waals surface area (Å²) in [5.74, 6) is -1.35. The number of imide groups is 1. The first-order chi connectivity index (χ1) is 19.7. The third-order valence-corrected chi connectivity index (χ3v) is 7.39. The van der Waals surface area contributed by atoms with Gasteiger partial charge in [-0.05, 0) is 55.2 Å². The Morgan fingerprint density at radius 2 is 1.76 bits per heavy atom. The minimum atomic E-state index is -0.780. The van der Waals surface area contributed by atoms with Crippen LogP contribution in [-0.4, -0.2) is 64.8 Å². The van der Waals surface area contributed by atoms with Gasteiger partial charge in [0.25, 0.3) is 11.8 Å². The molecule has 2 aromatic carbocycles. The number of nitrogens with one attached hydrogen (secondary N) is 1. The standard InChI is InChI=1S/C29H27Cl2FN4O5/c1-35(25(37)14-11-18-6-4-10-23(32)26(18)31)20(17-41-29(40)34-24-13-12-19(30)16-33-24)7-5-15-36-27(38)21-8-2-3-9-22(21)28(36)39/h2-4,6,8-10,12-13,16,20H,5,7,11,14-15,17H2,1H3,(H,33,34,40)/t20-/m0/s1. The number of fused-ring (bicyclic) bond motifs is 1. The molecule has 0 aliphatic carbocycles. The second kappa shape index (κ2) is 13.6. The quantitative estimate of drug-likeness (QED) is 0.286. The number of carbonyl (C=O) groups is 4. The molecule has 12 heteroatoms. The predicted octanol–water partition coefficient (Wildman–Crippen LogP) is 5.61. The SMILES string of the molecule is CN(C(=O)CCc1cccc(F)c1Cl)[C@@H](CCCN1C(=O)c2ccccc2C1=O)COC(=O)Nc1ccc(Cl)cn1. The maximum absolute atomic E-state index is 13.8. The van der Waals surface area contributed by atoms with Crippen LogP contribution in [0.5, 0.6) is 0 Å². The van der Waals surface area contributed by atoms with Crippen molar-refractivity contribution >= 4 is 52.8 Å². The number of anilines is 1. The lowest BCUT2D eigenvalue weighted by Gasteiger charge is -2.28. The van der Waals surface area contributed by atoms with Crippen molar-refractivity contribution in [1.29, 1.82) is 0 Å². The van der Waals surface area contributed by atoms with E-state index in [4.69, 9.17) is 27.9 Å².